The second kappa shape index (κ2) is 20.2. The Labute approximate surface area is 414 Å². The Kier molecular flexibility index (Phi) is 14.1. The summed E-state index contributed by atoms with van der Waals surface area (Å²) in [5, 5.41) is 21.8. The number of benzene rings is 1. The van der Waals surface area contributed by atoms with E-state index in [2.05, 4.69) is 57.1 Å². The number of anilines is 2. The van der Waals surface area contributed by atoms with Crippen LogP contribution in [-0.2, 0) is 40.0 Å². The monoisotopic (exact) mass is 951 g/mol. The number of fused-ring (bicyclic) bond motifs is 2. The molecule has 372 valence electrons. The first-order valence-electron chi connectivity index (χ1n) is 26.5. The third-order valence-corrected chi connectivity index (χ3v) is 17.7. The van der Waals surface area contributed by atoms with Crippen molar-refractivity contribution in [3.05, 3.63) is 117 Å². The van der Waals surface area contributed by atoms with Gasteiger partial charge < -0.3 is 36.3 Å². The molecule has 0 amide bonds. The van der Waals surface area contributed by atoms with Crippen LogP contribution in [0.2, 0.25) is 0 Å². The Hall–Kier alpha value is -5.01. The Morgan fingerprint density at radius 3 is 2.63 bits per heavy atom. The number of nitrogens with zero attached hydrogens (tertiary/aromatic N) is 2. The number of carbonyl (C=O) groups excluding carboxylic acids is 3. The number of allylic oxidation sites excluding steroid dienone is 4. The van der Waals surface area contributed by atoms with E-state index in [1.165, 1.54) is 48.8 Å². The van der Waals surface area contributed by atoms with Crippen molar-refractivity contribution in [1.82, 2.24) is 20.6 Å². The molecule has 1 saturated heterocycles. The smallest absolute Gasteiger partial charge is 0.350 e. The number of epoxide rings is 1. The predicted molar refractivity (Wildman–Crippen MR) is 272 cm³/mol. The molecule has 1 aromatic carbocycles. The number of aromatic nitrogens is 2. The first-order valence-corrected chi connectivity index (χ1v) is 26.5. The third kappa shape index (κ3) is 9.34. The Morgan fingerprint density at radius 1 is 0.986 bits per heavy atom. The number of aryl methyl sites for hydroxylation is 1. The maximum Gasteiger partial charge on any atom is 0.350 e. The molecule has 6 N–H and O–H groups in total. The van der Waals surface area contributed by atoms with Crippen LogP contribution in [0.1, 0.15) is 147 Å². The van der Waals surface area contributed by atoms with Crippen molar-refractivity contribution in [2.45, 2.75) is 153 Å². The molecule has 70 heavy (non-hydrogen) atoms. The molecule has 3 aliphatic heterocycles. The minimum Gasteiger partial charge on any atom is -0.463 e. The zero-order valence-electron chi connectivity index (χ0n) is 41.6. The number of esters is 1. The highest BCUT2D eigenvalue weighted by Gasteiger charge is 2.86. The van der Waals surface area contributed by atoms with E-state index in [9.17, 15) is 5.11 Å². The van der Waals surface area contributed by atoms with Crippen molar-refractivity contribution in [3.63, 3.8) is 0 Å². The van der Waals surface area contributed by atoms with Crippen LogP contribution in [-0.4, -0.2) is 82.8 Å². The number of rotatable bonds is 12. The van der Waals surface area contributed by atoms with Gasteiger partial charge in [0.05, 0.1) is 19.4 Å². The molecule has 2 fully saturated rings. The minimum absolute atomic E-state index is 0.00788. The number of nitrogens with one attached hydrogen (secondary N) is 3. The van der Waals surface area contributed by atoms with E-state index < -0.39 is 28.7 Å². The van der Waals surface area contributed by atoms with E-state index in [1.807, 2.05) is 50.6 Å². The van der Waals surface area contributed by atoms with Crippen molar-refractivity contribution in [2.24, 2.45) is 29.1 Å². The quantitative estimate of drug-likeness (QED) is 0.0505. The second-order valence-electron chi connectivity index (χ2n) is 22.4. The zero-order valence-corrected chi connectivity index (χ0v) is 41.6. The van der Waals surface area contributed by atoms with Crippen LogP contribution in [0.3, 0.4) is 0 Å². The van der Waals surface area contributed by atoms with Crippen molar-refractivity contribution in [1.29, 1.82) is 0 Å². The van der Waals surface area contributed by atoms with Crippen molar-refractivity contribution in [2.75, 3.05) is 37.9 Å². The van der Waals surface area contributed by atoms with E-state index in [-0.39, 0.29) is 54.3 Å². The first-order chi connectivity index (χ1) is 33.9. The number of Topliss-reactive ketones (excluding diaryl/α,β-unsaturated/α-hetero) is 2. The van der Waals surface area contributed by atoms with Gasteiger partial charge in [-0.2, -0.15) is 0 Å². The van der Waals surface area contributed by atoms with E-state index in [4.69, 9.17) is 15.2 Å². The average Bonchev–Trinajstić information content (AvgIpc) is 4.08. The van der Waals surface area contributed by atoms with Gasteiger partial charge in [-0.3, -0.25) is 9.59 Å². The molecule has 12 heteroatoms. The summed E-state index contributed by atoms with van der Waals surface area (Å²) in [6.45, 7) is 4.90. The third-order valence-electron chi connectivity index (χ3n) is 17.7. The topological polar surface area (TPSA) is 181 Å². The van der Waals surface area contributed by atoms with Gasteiger partial charge in [0.1, 0.15) is 11.6 Å². The van der Waals surface area contributed by atoms with Crippen LogP contribution in [0.15, 0.2) is 83.7 Å². The lowest BCUT2D eigenvalue weighted by atomic mass is 9.67. The first kappa shape index (κ1) is 48.6. The number of aliphatic hydroxyl groups is 1. The van der Waals surface area contributed by atoms with Gasteiger partial charge in [-0.25, -0.2) is 14.8 Å². The molecular weight excluding hydrogens is 877 g/mol. The maximum atomic E-state index is 15.7. The van der Waals surface area contributed by atoms with Crippen LogP contribution >= 0.6 is 0 Å². The van der Waals surface area contributed by atoms with Crippen LogP contribution < -0.4 is 21.7 Å². The number of carbonyl (C=O) groups is 3. The van der Waals surface area contributed by atoms with Crippen LogP contribution in [0.5, 0.6) is 0 Å². The van der Waals surface area contributed by atoms with Crippen LogP contribution in [0.25, 0.3) is 0 Å². The average molecular weight is 951 g/mol. The Bertz CT molecular complexity index is 2570. The molecule has 3 aromatic rings. The lowest BCUT2D eigenvalue weighted by Crippen LogP contribution is -2.52. The fourth-order valence-corrected chi connectivity index (χ4v) is 13.5. The predicted octanol–water partition coefficient (Wildman–Crippen LogP) is 8.77. The molecular formula is C58H74N6O6. The van der Waals surface area contributed by atoms with Gasteiger partial charge in [0.25, 0.3) is 5.60 Å². The summed E-state index contributed by atoms with van der Waals surface area (Å²) < 4.78 is 13.1. The molecule has 12 nitrogen and oxygen atoms in total. The van der Waals surface area contributed by atoms with Crippen molar-refractivity contribution < 1.29 is 29.0 Å². The Morgan fingerprint density at radius 2 is 1.83 bits per heavy atom. The fraction of sp³-hybridized carbons (Fsp3) is 0.569. The van der Waals surface area contributed by atoms with Crippen LogP contribution in [0, 0.1) is 29.1 Å². The normalized spacial score (nSPS) is 31.3. The summed E-state index contributed by atoms with van der Waals surface area (Å²) in [6.07, 6.45) is 27.3. The van der Waals surface area contributed by atoms with Crippen molar-refractivity contribution >= 4 is 29.2 Å². The number of ketones is 2. The standard InChI is InChI=1S/C58H74N6O6/c1-36(18-20-40-24-26-61-54-45(40)21-23-50(60-3)64-54)44(34-65)31-57-52(66)46-17-10-16-42-30-56(2,29-38-19-22-49(59)63-33-38)25-8-7-13-39-14-9-15-41-28-48(62-32-37-11-5-4-6-12-37)43(27-47(39)41)35-69-55(68)58(57,70-57)53(67)51(42)46/h9-10,15-17,19,22,24,26,28,33,37,39,43,47-48,50,60,62,65H,4-8,11-14,18,20-21,23,25,27,29-32,34-35H2,1-3H3,(H2,59,63)(H,61,64)/b44-36-/t39-,43-,47-,48+,50-,56+,57-,58-/m0/s1. The summed E-state index contributed by atoms with van der Waals surface area (Å²) in [6, 6.07) is 11.4. The Balaban J connectivity index is 1.00. The SMILES string of the molecule is CN[C@@H]1CCc2c(CC/C(C)=C(\CO)C[C@@]34O[C@@]35C(=O)OC[C@@H]3C[C@@H]6C(=C[C@H]3NCC3CCCCC3)C=CC[C@@H]6CCCC[C@](C)(Cc3ccc(N)nc3)Cc3cccc(c3C5=O)C4=O)ccnc2N1. The highest BCUT2D eigenvalue weighted by Crippen LogP contribution is 2.60. The number of nitrogen functional groups attached to an aromatic ring is 1. The summed E-state index contributed by atoms with van der Waals surface area (Å²) >= 11 is 0. The molecule has 4 bridgehead atoms. The highest BCUT2D eigenvalue weighted by molar-refractivity contribution is 6.33. The van der Waals surface area contributed by atoms with E-state index in [0.717, 1.165) is 80.4 Å². The molecule has 1 saturated carbocycles. The summed E-state index contributed by atoms with van der Waals surface area (Å²) in [4.78, 5) is 55.4. The van der Waals surface area contributed by atoms with Gasteiger partial charge in [0, 0.05) is 41.9 Å². The van der Waals surface area contributed by atoms with E-state index in [1.54, 1.807) is 6.07 Å². The summed E-state index contributed by atoms with van der Waals surface area (Å²) in [5.74, 6) is 1.00. The summed E-state index contributed by atoms with van der Waals surface area (Å²) in [7, 11) is 1.94. The van der Waals surface area contributed by atoms with Gasteiger partial charge >= 0.3 is 5.97 Å². The second-order valence-corrected chi connectivity index (χ2v) is 22.4. The molecule has 10 rings (SSSR count). The van der Waals surface area contributed by atoms with E-state index >= 15 is 14.4 Å². The number of nitrogens with two attached hydrogens (primary N) is 1. The molecule has 5 heterocycles. The van der Waals surface area contributed by atoms with Crippen LogP contribution in [0.4, 0.5) is 11.6 Å². The number of ether oxygens (including phenoxy) is 2. The number of cyclic esters (lactones) is 1. The largest absolute Gasteiger partial charge is 0.463 e. The molecule has 0 radical (unpaired) electrons. The lowest BCUT2D eigenvalue weighted by molar-refractivity contribution is -0.150. The molecule has 8 atom stereocenters. The van der Waals surface area contributed by atoms with Gasteiger partial charge in [-0.15, -0.1) is 0 Å². The number of aliphatic hydroxyl groups excluding tert-OH is 1. The molecule has 2 aromatic heterocycles. The number of hydrogen-bond donors (Lipinski definition) is 5. The molecule has 1 spiro atoms. The molecule has 4 aliphatic carbocycles. The lowest BCUT2D eigenvalue weighted by Gasteiger charge is -2.41. The van der Waals surface area contributed by atoms with Gasteiger partial charge in [0.15, 0.2) is 11.4 Å². The fourth-order valence-electron chi connectivity index (χ4n) is 13.5. The summed E-state index contributed by atoms with van der Waals surface area (Å²) in [5.41, 5.74) is 9.16. The molecule has 0 unspecified atom stereocenters. The minimum atomic E-state index is -2.18. The van der Waals surface area contributed by atoms with Gasteiger partial charge in [0.2, 0.25) is 5.78 Å². The molecule has 7 aliphatic rings. The maximum absolute atomic E-state index is 15.7. The van der Waals surface area contributed by atoms with Crippen molar-refractivity contribution in [3.8, 4) is 0 Å². The number of hydrogen-bond acceptors (Lipinski definition) is 12. The van der Waals surface area contributed by atoms with Gasteiger partial charge in [-0.1, -0.05) is 87.1 Å². The zero-order chi connectivity index (χ0) is 48.6. The van der Waals surface area contributed by atoms with E-state index in [0.29, 0.717) is 54.8 Å². The highest BCUT2D eigenvalue weighted by atomic mass is 16.7. The van der Waals surface area contributed by atoms with Gasteiger partial charge in [-0.05, 0) is 166 Å². The number of pyridine rings is 2.